The van der Waals surface area contributed by atoms with E-state index < -0.39 is 0 Å². The number of hydrogen-bond acceptors (Lipinski definition) is 2. The van der Waals surface area contributed by atoms with Crippen LogP contribution in [0, 0.1) is 6.92 Å². The van der Waals surface area contributed by atoms with Crippen molar-refractivity contribution in [3.63, 3.8) is 0 Å². The molecule has 0 atom stereocenters. The Bertz CT molecular complexity index is 344. The van der Waals surface area contributed by atoms with E-state index in [0.717, 1.165) is 17.9 Å². The molecule has 0 heterocycles. The molecule has 0 unspecified atom stereocenters. The van der Waals surface area contributed by atoms with Gasteiger partial charge in [0.1, 0.15) is 12.4 Å². The summed E-state index contributed by atoms with van der Waals surface area (Å²) in [5.74, 6) is 0.981. The molecule has 0 aromatic heterocycles. The summed E-state index contributed by atoms with van der Waals surface area (Å²) in [7, 11) is 1.94. The van der Waals surface area contributed by atoms with E-state index in [2.05, 4.69) is 37.0 Å². The van der Waals surface area contributed by atoms with Crippen LogP contribution in [0.3, 0.4) is 0 Å². The summed E-state index contributed by atoms with van der Waals surface area (Å²) in [4.78, 5) is 0. The first-order valence-electron chi connectivity index (χ1n) is 5.15. The van der Waals surface area contributed by atoms with Gasteiger partial charge in [0.2, 0.25) is 0 Å². The Morgan fingerprint density at radius 2 is 2.20 bits per heavy atom. The van der Waals surface area contributed by atoms with Gasteiger partial charge in [0.05, 0.1) is 0 Å². The summed E-state index contributed by atoms with van der Waals surface area (Å²) in [6, 6.07) is 6.19. The van der Waals surface area contributed by atoms with E-state index in [4.69, 9.17) is 4.74 Å². The molecule has 0 aliphatic carbocycles. The number of para-hydroxylation sites is 1. The van der Waals surface area contributed by atoms with Crippen LogP contribution in [0.4, 0.5) is 0 Å². The molecule has 2 heteroatoms. The minimum Gasteiger partial charge on any atom is -0.489 e. The summed E-state index contributed by atoms with van der Waals surface area (Å²) in [6.45, 7) is 9.28. The number of ether oxygens (including phenoxy) is 1. The number of nitrogens with one attached hydrogen (secondary N) is 1. The Kier molecular flexibility index (Phi) is 4.37. The maximum atomic E-state index is 5.74. The van der Waals surface area contributed by atoms with Crippen LogP contribution in [0.5, 0.6) is 5.75 Å². The molecule has 1 aromatic rings. The van der Waals surface area contributed by atoms with Crippen LogP contribution in [-0.4, -0.2) is 13.7 Å². The molecule has 15 heavy (non-hydrogen) atoms. The van der Waals surface area contributed by atoms with Gasteiger partial charge < -0.3 is 10.1 Å². The van der Waals surface area contributed by atoms with E-state index in [0.29, 0.717) is 6.61 Å². The lowest BCUT2D eigenvalue weighted by Gasteiger charge is -2.13. The van der Waals surface area contributed by atoms with Crippen molar-refractivity contribution in [3.8, 4) is 5.75 Å². The minimum atomic E-state index is 0.585. The van der Waals surface area contributed by atoms with Crippen LogP contribution >= 0.6 is 0 Å². The topological polar surface area (TPSA) is 21.3 Å². The molecule has 0 fully saturated rings. The summed E-state index contributed by atoms with van der Waals surface area (Å²) >= 11 is 0. The summed E-state index contributed by atoms with van der Waals surface area (Å²) in [6.07, 6.45) is 0. The molecule has 0 amide bonds. The van der Waals surface area contributed by atoms with E-state index in [9.17, 15) is 0 Å². The van der Waals surface area contributed by atoms with Gasteiger partial charge in [-0.3, -0.25) is 0 Å². The number of aryl methyl sites for hydroxylation is 1. The molecule has 82 valence electrons. The van der Waals surface area contributed by atoms with Gasteiger partial charge in [-0.2, -0.15) is 0 Å². The summed E-state index contributed by atoms with van der Waals surface area (Å²) in [5.41, 5.74) is 3.40. The molecule has 0 saturated heterocycles. The van der Waals surface area contributed by atoms with Gasteiger partial charge in [0.15, 0.2) is 0 Å². The first-order chi connectivity index (χ1) is 7.15. The molecule has 1 rings (SSSR count). The molecular weight excluding hydrogens is 186 g/mol. The Balaban J connectivity index is 2.86. The highest BCUT2D eigenvalue weighted by Gasteiger charge is 2.05. The van der Waals surface area contributed by atoms with E-state index in [1.807, 2.05) is 14.0 Å². The van der Waals surface area contributed by atoms with Crippen molar-refractivity contribution in [2.45, 2.75) is 20.4 Å². The van der Waals surface area contributed by atoms with Crippen molar-refractivity contribution >= 4 is 0 Å². The van der Waals surface area contributed by atoms with Gasteiger partial charge in [0, 0.05) is 12.1 Å². The first-order valence-corrected chi connectivity index (χ1v) is 5.15. The molecule has 0 bridgehead atoms. The van der Waals surface area contributed by atoms with Gasteiger partial charge in [0.25, 0.3) is 0 Å². The van der Waals surface area contributed by atoms with Crippen molar-refractivity contribution in [2.24, 2.45) is 0 Å². The largest absolute Gasteiger partial charge is 0.489 e. The standard InChI is InChI=1S/C13H19NO/c1-10(2)9-15-13-11(3)6-5-7-12(13)8-14-4/h5-7,14H,1,8-9H2,2-4H3. The predicted molar refractivity (Wildman–Crippen MR) is 64.3 cm³/mol. The molecule has 0 radical (unpaired) electrons. The summed E-state index contributed by atoms with van der Waals surface area (Å²) in [5, 5.41) is 3.14. The quantitative estimate of drug-likeness (QED) is 0.746. The van der Waals surface area contributed by atoms with Crippen molar-refractivity contribution in [1.29, 1.82) is 0 Å². The molecule has 0 aliphatic heterocycles. The van der Waals surface area contributed by atoms with Crippen LogP contribution in [0.25, 0.3) is 0 Å². The maximum absolute atomic E-state index is 5.74. The molecular formula is C13H19NO. The highest BCUT2D eigenvalue weighted by Crippen LogP contribution is 2.23. The molecule has 1 N–H and O–H groups in total. The maximum Gasteiger partial charge on any atom is 0.127 e. The fourth-order valence-corrected chi connectivity index (χ4v) is 1.44. The number of rotatable bonds is 5. The monoisotopic (exact) mass is 205 g/mol. The Morgan fingerprint density at radius 1 is 1.47 bits per heavy atom. The molecule has 1 aromatic carbocycles. The normalized spacial score (nSPS) is 10.1. The van der Waals surface area contributed by atoms with Crippen LogP contribution < -0.4 is 10.1 Å². The fourth-order valence-electron chi connectivity index (χ4n) is 1.44. The molecule has 0 spiro atoms. The van der Waals surface area contributed by atoms with Crippen LogP contribution in [0.2, 0.25) is 0 Å². The third-order valence-corrected chi connectivity index (χ3v) is 2.12. The van der Waals surface area contributed by atoms with E-state index in [1.165, 1.54) is 11.1 Å². The fraction of sp³-hybridized carbons (Fsp3) is 0.385. The second kappa shape index (κ2) is 5.56. The zero-order chi connectivity index (χ0) is 11.3. The lowest BCUT2D eigenvalue weighted by atomic mass is 10.1. The Hall–Kier alpha value is -1.28. The third kappa shape index (κ3) is 3.40. The zero-order valence-corrected chi connectivity index (χ0v) is 9.76. The van der Waals surface area contributed by atoms with Crippen molar-refractivity contribution in [3.05, 3.63) is 41.5 Å². The van der Waals surface area contributed by atoms with Crippen LogP contribution in [-0.2, 0) is 6.54 Å². The number of benzene rings is 1. The van der Waals surface area contributed by atoms with Gasteiger partial charge in [-0.1, -0.05) is 24.8 Å². The van der Waals surface area contributed by atoms with Gasteiger partial charge in [-0.25, -0.2) is 0 Å². The van der Waals surface area contributed by atoms with Gasteiger partial charge >= 0.3 is 0 Å². The van der Waals surface area contributed by atoms with Crippen LogP contribution in [0.1, 0.15) is 18.1 Å². The molecule has 0 aliphatic rings. The van der Waals surface area contributed by atoms with Gasteiger partial charge in [-0.05, 0) is 32.0 Å². The second-order valence-electron chi connectivity index (χ2n) is 3.84. The van der Waals surface area contributed by atoms with E-state index in [1.54, 1.807) is 0 Å². The van der Waals surface area contributed by atoms with Crippen LogP contribution in [0.15, 0.2) is 30.4 Å². The summed E-state index contributed by atoms with van der Waals surface area (Å²) < 4.78 is 5.74. The van der Waals surface area contributed by atoms with Crippen molar-refractivity contribution in [2.75, 3.05) is 13.7 Å². The average Bonchev–Trinajstić information content (AvgIpc) is 2.17. The van der Waals surface area contributed by atoms with E-state index >= 15 is 0 Å². The second-order valence-corrected chi connectivity index (χ2v) is 3.84. The smallest absolute Gasteiger partial charge is 0.127 e. The zero-order valence-electron chi connectivity index (χ0n) is 9.76. The average molecular weight is 205 g/mol. The number of hydrogen-bond donors (Lipinski definition) is 1. The Labute approximate surface area is 92.0 Å². The highest BCUT2D eigenvalue weighted by molar-refractivity contribution is 5.40. The lowest BCUT2D eigenvalue weighted by Crippen LogP contribution is -2.09. The molecule has 0 saturated carbocycles. The first kappa shape index (κ1) is 11.8. The van der Waals surface area contributed by atoms with Gasteiger partial charge in [-0.15, -0.1) is 0 Å². The van der Waals surface area contributed by atoms with Crippen molar-refractivity contribution in [1.82, 2.24) is 5.32 Å². The Morgan fingerprint density at radius 3 is 2.80 bits per heavy atom. The van der Waals surface area contributed by atoms with Crippen molar-refractivity contribution < 1.29 is 4.74 Å². The minimum absolute atomic E-state index is 0.585. The predicted octanol–water partition coefficient (Wildman–Crippen LogP) is 2.67. The third-order valence-electron chi connectivity index (χ3n) is 2.12. The lowest BCUT2D eigenvalue weighted by molar-refractivity contribution is 0.345. The highest BCUT2D eigenvalue weighted by atomic mass is 16.5. The van der Waals surface area contributed by atoms with E-state index in [-0.39, 0.29) is 0 Å². The SMILES string of the molecule is C=C(C)COc1c(C)cccc1CNC. The molecule has 2 nitrogen and oxygen atoms in total.